The van der Waals surface area contributed by atoms with Gasteiger partial charge in [0.2, 0.25) is 0 Å². The van der Waals surface area contributed by atoms with Gasteiger partial charge in [-0.1, -0.05) is 36.4 Å². The van der Waals surface area contributed by atoms with E-state index in [-0.39, 0.29) is 4.90 Å². The van der Waals surface area contributed by atoms with Crippen LogP contribution in [0.3, 0.4) is 0 Å². The molecule has 4 rings (SSSR count). The van der Waals surface area contributed by atoms with E-state index in [1.54, 1.807) is 36.4 Å². The molecule has 144 valence electrons. The number of methoxy groups -OCH3 is 1. The average molecular weight is 397 g/mol. The topological polar surface area (TPSA) is 81.7 Å². The number of rotatable bonds is 4. The molecule has 0 bridgehead atoms. The van der Waals surface area contributed by atoms with Crippen molar-refractivity contribution in [2.45, 2.75) is 23.8 Å². The molecular weight excluding hydrogens is 378 g/mol. The molecule has 28 heavy (non-hydrogen) atoms. The Hall–Kier alpha value is -3.06. The Kier molecular flexibility index (Phi) is 4.68. The van der Waals surface area contributed by atoms with Crippen LogP contribution in [-0.4, -0.2) is 27.6 Å². The van der Waals surface area contributed by atoms with Crippen molar-refractivity contribution in [3.63, 3.8) is 0 Å². The molecule has 0 radical (unpaired) electrons. The second-order valence-electron chi connectivity index (χ2n) is 6.57. The summed E-state index contributed by atoms with van der Waals surface area (Å²) in [6, 6.07) is 17.6. The highest BCUT2D eigenvalue weighted by Crippen LogP contribution is 2.32. The van der Waals surface area contributed by atoms with Crippen LogP contribution in [0.2, 0.25) is 0 Å². The van der Waals surface area contributed by atoms with E-state index in [0.29, 0.717) is 29.7 Å². The number of anilines is 1. The fourth-order valence-corrected chi connectivity index (χ4v) is 4.67. The highest BCUT2D eigenvalue weighted by molar-refractivity contribution is 7.93. The van der Waals surface area contributed by atoms with Crippen molar-refractivity contribution in [3.05, 3.63) is 66.2 Å². The lowest BCUT2D eigenvalue weighted by atomic mass is 10.0. The second kappa shape index (κ2) is 7.16. The van der Waals surface area contributed by atoms with Crippen molar-refractivity contribution >= 4 is 32.5 Å². The second-order valence-corrected chi connectivity index (χ2v) is 8.22. The molecule has 6 nitrogen and oxygen atoms in total. The minimum absolute atomic E-state index is 0.227. The van der Waals surface area contributed by atoms with Gasteiger partial charge in [0.25, 0.3) is 10.0 Å². The average Bonchev–Trinajstić information content (AvgIpc) is 2.72. The van der Waals surface area contributed by atoms with E-state index >= 15 is 0 Å². The summed E-state index contributed by atoms with van der Waals surface area (Å²) in [6.45, 7) is 0. The summed E-state index contributed by atoms with van der Waals surface area (Å²) < 4.78 is 39.0. The number of fused-ring (bicyclic) bond motifs is 2. The zero-order chi connectivity index (χ0) is 19.7. The number of hydrogen-bond acceptors (Lipinski definition) is 5. The van der Waals surface area contributed by atoms with Crippen LogP contribution in [0.15, 0.2) is 65.6 Å². The number of carbonyl (C=O) groups is 1. The quantitative estimate of drug-likeness (QED) is 0.682. The van der Waals surface area contributed by atoms with Gasteiger partial charge >= 0.3 is 5.97 Å². The Labute approximate surface area is 163 Å². The van der Waals surface area contributed by atoms with Gasteiger partial charge in [-0.2, -0.15) is 0 Å². The lowest BCUT2D eigenvalue weighted by molar-refractivity contribution is -0.149. The standard InChI is InChI=1S/C21H19NO5S/c1-26-21(23)19-11-9-15-13-16(10-12-18(15)27-19)22-28(24,25)20-8-4-6-14-5-2-3-7-17(14)20/h2-8,10,12-13,19,22H,9,11H2,1H3. The van der Waals surface area contributed by atoms with Crippen LogP contribution in [0.1, 0.15) is 12.0 Å². The fraction of sp³-hybridized carbons (Fsp3) is 0.190. The van der Waals surface area contributed by atoms with Crippen molar-refractivity contribution in [1.82, 2.24) is 0 Å². The summed E-state index contributed by atoms with van der Waals surface area (Å²) in [7, 11) is -2.43. The van der Waals surface area contributed by atoms with E-state index in [1.807, 2.05) is 24.3 Å². The van der Waals surface area contributed by atoms with Crippen LogP contribution in [0, 0.1) is 0 Å². The molecule has 0 aliphatic carbocycles. The number of sulfonamides is 1. The molecule has 1 atom stereocenters. The maximum absolute atomic E-state index is 13.0. The molecule has 0 spiro atoms. The van der Waals surface area contributed by atoms with Crippen molar-refractivity contribution in [2.75, 3.05) is 11.8 Å². The predicted molar refractivity (Wildman–Crippen MR) is 106 cm³/mol. The first kappa shape index (κ1) is 18.3. The number of ether oxygens (including phenoxy) is 2. The van der Waals surface area contributed by atoms with Gasteiger partial charge in [0, 0.05) is 11.1 Å². The smallest absolute Gasteiger partial charge is 0.347 e. The molecule has 0 saturated heterocycles. The third kappa shape index (κ3) is 3.41. The Morgan fingerprint density at radius 1 is 1.11 bits per heavy atom. The number of esters is 1. The van der Waals surface area contributed by atoms with Gasteiger partial charge in [-0.3, -0.25) is 4.72 Å². The summed E-state index contributed by atoms with van der Waals surface area (Å²) in [5, 5.41) is 1.53. The van der Waals surface area contributed by atoms with E-state index in [4.69, 9.17) is 9.47 Å². The van der Waals surface area contributed by atoms with Crippen molar-refractivity contribution < 1.29 is 22.7 Å². The Morgan fingerprint density at radius 2 is 1.89 bits per heavy atom. The zero-order valence-corrected chi connectivity index (χ0v) is 16.0. The summed E-state index contributed by atoms with van der Waals surface area (Å²) in [5.41, 5.74) is 1.30. The predicted octanol–water partition coefficient (Wildman–Crippen LogP) is 3.51. The molecule has 0 amide bonds. The molecule has 1 unspecified atom stereocenters. The van der Waals surface area contributed by atoms with Gasteiger partial charge in [0.15, 0.2) is 6.10 Å². The Balaban J connectivity index is 1.62. The maximum Gasteiger partial charge on any atom is 0.347 e. The zero-order valence-electron chi connectivity index (χ0n) is 15.2. The Morgan fingerprint density at radius 3 is 2.71 bits per heavy atom. The number of benzene rings is 3. The number of nitrogens with one attached hydrogen (secondary N) is 1. The summed E-state index contributed by atoms with van der Waals surface area (Å²) in [6.07, 6.45) is 0.453. The molecular formula is C21H19NO5S. The van der Waals surface area contributed by atoms with E-state index in [2.05, 4.69) is 4.72 Å². The number of hydrogen-bond donors (Lipinski definition) is 1. The molecule has 7 heteroatoms. The third-order valence-electron chi connectivity index (χ3n) is 4.76. The molecule has 0 saturated carbocycles. The highest BCUT2D eigenvalue weighted by atomic mass is 32.2. The number of aryl methyl sites for hydroxylation is 1. The first-order valence-corrected chi connectivity index (χ1v) is 10.3. The number of carbonyl (C=O) groups excluding carboxylic acids is 1. The molecule has 3 aromatic rings. The maximum atomic E-state index is 13.0. The van der Waals surface area contributed by atoms with Crippen molar-refractivity contribution in [1.29, 1.82) is 0 Å². The van der Waals surface area contributed by atoms with E-state index < -0.39 is 22.1 Å². The fourth-order valence-electron chi connectivity index (χ4n) is 3.39. The summed E-state index contributed by atoms with van der Waals surface area (Å²) in [4.78, 5) is 11.9. The largest absolute Gasteiger partial charge is 0.478 e. The van der Waals surface area contributed by atoms with Gasteiger partial charge in [0.1, 0.15) is 5.75 Å². The molecule has 1 aliphatic rings. The van der Waals surface area contributed by atoms with Gasteiger partial charge in [-0.15, -0.1) is 0 Å². The highest BCUT2D eigenvalue weighted by Gasteiger charge is 2.27. The van der Waals surface area contributed by atoms with E-state index in [0.717, 1.165) is 10.9 Å². The molecule has 3 aromatic carbocycles. The molecule has 1 aliphatic heterocycles. The normalized spacial score (nSPS) is 16.1. The third-order valence-corrected chi connectivity index (χ3v) is 6.20. The van der Waals surface area contributed by atoms with E-state index in [9.17, 15) is 13.2 Å². The van der Waals surface area contributed by atoms with Gasteiger partial charge in [-0.25, -0.2) is 13.2 Å². The van der Waals surface area contributed by atoms with Gasteiger partial charge in [0.05, 0.1) is 12.0 Å². The molecule has 1 heterocycles. The van der Waals surface area contributed by atoms with Crippen LogP contribution in [0.5, 0.6) is 5.75 Å². The minimum atomic E-state index is -3.76. The van der Waals surface area contributed by atoms with Gasteiger partial charge < -0.3 is 9.47 Å². The van der Waals surface area contributed by atoms with Gasteiger partial charge in [-0.05, 0) is 48.1 Å². The SMILES string of the molecule is COC(=O)C1CCc2cc(NS(=O)(=O)c3cccc4ccccc34)ccc2O1. The lowest BCUT2D eigenvalue weighted by Gasteiger charge is -2.24. The Bertz CT molecular complexity index is 1150. The monoisotopic (exact) mass is 397 g/mol. The van der Waals surface area contributed by atoms with Crippen LogP contribution in [0.4, 0.5) is 5.69 Å². The van der Waals surface area contributed by atoms with Crippen LogP contribution < -0.4 is 9.46 Å². The molecule has 0 aromatic heterocycles. The first-order chi connectivity index (χ1) is 13.5. The lowest BCUT2D eigenvalue weighted by Crippen LogP contribution is -2.32. The van der Waals surface area contributed by atoms with Crippen LogP contribution in [0.25, 0.3) is 10.8 Å². The van der Waals surface area contributed by atoms with Crippen molar-refractivity contribution in [2.24, 2.45) is 0 Å². The minimum Gasteiger partial charge on any atom is -0.478 e. The first-order valence-electron chi connectivity index (χ1n) is 8.86. The van der Waals surface area contributed by atoms with Crippen LogP contribution >= 0.6 is 0 Å². The summed E-state index contributed by atoms with van der Waals surface area (Å²) in [5.74, 6) is 0.154. The molecule has 0 fully saturated rings. The van der Waals surface area contributed by atoms with Crippen molar-refractivity contribution in [3.8, 4) is 5.75 Å². The summed E-state index contributed by atoms with van der Waals surface area (Å²) >= 11 is 0. The van der Waals surface area contributed by atoms with E-state index in [1.165, 1.54) is 7.11 Å². The van der Waals surface area contributed by atoms with Crippen LogP contribution in [-0.2, 0) is 26.0 Å². The molecule has 1 N–H and O–H groups in total.